The van der Waals surface area contributed by atoms with Gasteiger partial charge < -0.3 is 9.30 Å². The molecular weight excluding hydrogens is 314 g/mol. The van der Waals surface area contributed by atoms with Crippen LogP contribution in [-0.2, 0) is 24.9 Å². The van der Waals surface area contributed by atoms with Crippen molar-refractivity contribution in [3.8, 4) is 0 Å². The average Bonchev–Trinajstić information content (AvgIpc) is 3.07. The number of fused-ring (bicyclic) bond motifs is 1. The number of nitrogens with zero attached hydrogens (tertiary/aromatic N) is 5. The molecule has 1 fully saturated rings. The number of rotatable bonds is 4. The molecule has 2 aromatic heterocycles. The van der Waals surface area contributed by atoms with Crippen LogP contribution in [-0.4, -0.2) is 50.0 Å². The van der Waals surface area contributed by atoms with Gasteiger partial charge in [-0.2, -0.15) is 5.10 Å². The van der Waals surface area contributed by atoms with Crippen LogP contribution in [0.1, 0.15) is 17.2 Å². The van der Waals surface area contributed by atoms with Crippen molar-refractivity contribution in [1.29, 1.82) is 0 Å². The van der Waals surface area contributed by atoms with Gasteiger partial charge in [-0.1, -0.05) is 12.1 Å². The number of hydrogen-bond acceptors (Lipinski definition) is 4. The summed E-state index contributed by atoms with van der Waals surface area (Å²) >= 11 is 0. The minimum Gasteiger partial charge on any atom is -0.374 e. The summed E-state index contributed by atoms with van der Waals surface area (Å²) in [6, 6.07) is 10.4. The molecule has 1 aromatic carbocycles. The largest absolute Gasteiger partial charge is 0.374 e. The number of aryl methyl sites for hydroxylation is 3. The molecule has 6 heteroatoms. The fraction of sp³-hybridized carbons (Fsp3) is 0.474. The van der Waals surface area contributed by atoms with Crippen molar-refractivity contribution in [3.05, 3.63) is 47.5 Å². The average molecular weight is 339 g/mol. The Morgan fingerprint density at radius 3 is 2.84 bits per heavy atom. The molecule has 1 atom stereocenters. The first-order chi connectivity index (χ1) is 12.1. The third-order valence-electron chi connectivity index (χ3n) is 4.95. The summed E-state index contributed by atoms with van der Waals surface area (Å²) in [5.74, 6) is 1.10. The first kappa shape index (κ1) is 16.3. The molecular formula is C19H25N5O. The molecule has 0 spiro atoms. The van der Waals surface area contributed by atoms with E-state index in [0.29, 0.717) is 0 Å². The van der Waals surface area contributed by atoms with Crippen LogP contribution in [0, 0.1) is 13.8 Å². The lowest BCUT2D eigenvalue weighted by Crippen LogP contribution is -2.44. The molecule has 4 rings (SSSR count). The molecule has 0 aliphatic carbocycles. The van der Waals surface area contributed by atoms with Crippen molar-refractivity contribution in [2.24, 2.45) is 7.05 Å². The molecule has 6 nitrogen and oxygen atoms in total. The Morgan fingerprint density at radius 1 is 1.24 bits per heavy atom. The maximum absolute atomic E-state index is 5.97. The number of morpholine rings is 1. The zero-order valence-corrected chi connectivity index (χ0v) is 15.1. The van der Waals surface area contributed by atoms with E-state index in [1.54, 1.807) is 0 Å². The van der Waals surface area contributed by atoms with E-state index >= 15 is 0 Å². The van der Waals surface area contributed by atoms with E-state index in [4.69, 9.17) is 9.72 Å². The fourth-order valence-electron chi connectivity index (χ4n) is 3.62. The minimum atomic E-state index is 0.168. The van der Waals surface area contributed by atoms with Gasteiger partial charge in [0.25, 0.3) is 0 Å². The summed E-state index contributed by atoms with van der Waals surface area (Å²) in [4.78, 5) is 7.23. The number of imidazole rings is 1. The lowest BCUT2D eigenvalue weighted by molar-refractivity contribution is -0.0413. The molecule has 1 aliphatic rings. The Kier molecular flexibility index (Phi) is 4.31. The van der Waals surface area contributed by atoms with E-state index in [2.05, 4.69) is 57.5 Å². The molecule has 0 amide bonds. The third kappa shape index (κ3) is 3.32. The van der Waals surface area contributed by atoms with E-state index in [9.17, 15) is 0 Å². The maximum Gasteiger partial charge on any atom is 0.123 e. The molecule has 1 saturated heterocycles. The molecule has 25 heavy (non-hydrogen) atoms. The number of ether oxygens (including phenoxy) is 1. The second-order valence-electron chi connectivity index (χ2n) is 6.91. The van der Waals surface area contributed by atoms with Gasteiger partial charge in [-0.3, -0.25) is 9.58 Å². The van der Waals surface area contributed by atoms with Crippen molar-refractivity contribution in [2.75, 3.05) is 19.7 Å². The third-order valence-corrected chi connectivity index (χ3v) is 4.95. The zero-order valence-electron chi connectivity index (χ0n) is 15.1. The Morgan fingerprint density at radius 2 is 2.08 bits per heavy atom. The predicted octanol–water partition coefficient (Wildman–Crippen LogP) is 2.29. The van der Waals surface area contributed by atoms with Crippen molar-refractivity contribution < 1.29 is 4.74 Å². The summed E-state index contributed by atoms with van der Waals surface area (Å²) < 4.78 is 10.2. The fourth-order valence-corrected chi connectivity index (χ4v) is 3.62. The Labute approximate surface area is 148 Å². The predicted molar refractivity (Wildman–Crippen MR) is 97.4 cm³/mol. The molecule has 1 aliphatic heterocycles. The SMILES string of the molecule is Cc1cc(C)n(CC2CN(Cc3nc4ccccc4n3C)CCO2)n1. The number of para-hydroxylation sites is 2. The van der Waals surface area contributed by atoms with Gasteiger partial charge in [0, 0.05) is 25.8 Å². The second-order valence-corrected chi connectivity index (χ2v) is 6.91. The highest BCUT2D eigenvalue weighted by Crippen LogP contribution is 2.17. The number of hydrogen-bond donors (Lipinski definition) is 0. The lowest BCUT2D eigenvalue weighted by Gasteiger charge is -2.32. The molecule has 0 radical (unpaired) electrons. The lowest BCUT2D eigenvalue weighted by atomic mass is 10.2. The van der Waals surface area contributed by atoms with Gasteiger partial charge in [-0.05, 0) is 32.0 Å². The monoisotopic (exact) mass is 339 g/mol. The van der Waals surface area contributed by atoms with Gasteiger partial charge >= 0.3 is 0 Å². The van der Waals surface area contributed by atoms with Crippen molar-refractivity contribution in [1.82, 2.24) is 24.2 Å². The molecule has 3 heterocycles. The normalized spacial score (nSPS) is 18.9. The minimum absolute atomic E-state index is 0.168. The van der Waals surface area contributed by atoms with Crippen LogP contribution in [0.25, 0.3) is 11.0 Å². The highest BCUT2D eigenvalue weighted by Gasteiger charge is 2.23. The standard InChI is InChI=1S/C19H25N5O/c1-14-10-15(2)24(21-14)12-16-11-23(8-9-25-16)13-19-20-17-6-4-5-7-18(17)22(19)3/h4-7,10,16H,8-9,11-13H2,1-3H3. The molecule has 0 N–H and O–H groups in total. The smallest absolute Gasteiger partial charge is 0.123 e. The van der Waals surface area contributed by atoms with Crippen LogP contribution in [0.2, 0.25) is 0 Å². The van der Waals surface area contributed by atoms with Crippen molar-refractivity contribution >= 4 is 11.0 Å². The maximum atomic E-state index is 5.97. The second kappa shape index (κ2) is 6.61. The van der Waals surface area contributed by atoms with Crippen LogP contribution in [0.5, 0.6) is 0 Å². The van der Waals surface area contributed by atoms with Gasteiger partial charge in [0.15, 0.2) is 0 Å². The van der Waals surface area contributed by atoms with Crippen LogP contribution < -0.4 is 0 Å². The highest BCUT2D eigenvalue weighted by atomic mass is 16.5. The summed E-state index contributed by atoms with van der Waals surface area (Å²) in [7, 11) is 2.10. The zero-order chi connectivity index (χ0) is 17.4. The summed E-state index contributed by atoms with van der Waals surface area (Å²) in [5, 5.41) is 4.56. The quantitative estimate of drug-likeness (QED) is 0.732. The van der Waals surface area contributed by atoms with Gasteiger partial charge in [-0.15, -0.1) is 0 Å². The van der Waals surface area contributed by atoms with Gasteiger partial charge in [0.1, 0.15) is 5.82 Å². The van der Waals surface area contributed by atoms with E-state index in [1.165, 1.54) is 11.2 Å². The molecule has 132 valence electrons. The molecule has 3 aromatic rings. The first-order valence-electron chi connectivity index (χ1n) is 8.85. The van der Waals surface area contributed by atoms with Crippen LogP contribution in [0.4, 0.5) is 0 Å². The Balaban J connectivity index is 1.45. The molecule has 0 bridgehead atoms. The topological polar surface area (TPSA) is 48.1 Å². The summed E-state index contributed by atoms with van der Waals surface area (Å²) in [5.41, 5.74) is 4.50. The number of benzene rings is 1. The Bertz CT molecular complexity index is 881. The summed E-state index contributed by atoms with van der Waals surface area (Å²) in [6.45, 7) is 8.39. The van der Waals surface area contributed by atoms with Gasteiger partial charge in [-0.25, -0.2) is 4.98 Å². The van der Waals surface area contributed by atoms with E-state index < -0.39 is 0 Å². The van der Waals surface area contributed by atoms with E-state index in [-0.39, 0.29) is 6.10 Å². The number of aromatic nitrogens is 4. The van der Waals surface area contributed by atoms with Crippen molar-refractivity contribution in [2.45, 2.75) is 33.0 Å². The van der Waals surface area contributed by atoms with Crippen LogP contribution >= 0.6 is 0 Å². The molecule has 1 unspecified atom stereocenters. The van der Waals surface area contributed by atoms with Crippen molar-refractivity contribution in [3.63, 3.8) is 0 Å². The van der Waals surface area contributed by atoms with Gasteiger partial charge in [0.05, 0.1) is 42.5 Å². The van der Waals surface area contributed by atoms with Gasteiger partial charge in [0.2, 0.25) is 0 Å². The van der Waals surface area contributed by atoms with E-state index in [1.807, 2.05) is 13.0 Å². The Hall–Kier alpha value is -2.18. The summed E-state index contributed by atoms with van der Waals surface area (Å²) in [6.07, 6.45) is 0.168. The van der Waals surface area contributed by atoms with Crippen LogP contribution in [0.3, 0.4) is 0 Å². The molecule has 0 saturated carbocycles. The van der Waals surface area contributed by atoms with E-state index in [0.717, 1.165) is 49.8 Å². The highest BCUT2D eigenvalue weighted by molar-refractivity contribution is 5.75. The first-order valence-corrected chi connectivity index (χ1v) is 8.85. The van der Waals surface area contributed by atoms with Crippen LogP contribution in [0.15, 0.2) is 30.3 Å².